The third-order valence-electron chi connectivity index (χ3n) is 6.89. The minimum absolute atomic E-state index is 0.0276. The molecule has 3 rings (SSSR count). The van der Waals surface area contributed by atoms with Crippen LogP contribution in [0.5, 0.6) is 0 Å². The number of rotatable bonds is 27. The predicted octanol–water partition coefficient (Wildman–Crippen LogP) is 5.63. The summed E-state index contributed by atoms with van der Waals surface area (Å²) in [6, 6.07) is 14.4. The highest BCUT2D eigenvalue weighted by atomic mass is 19.4. The summed E-state index contributed by atoms with van der Waals surface area (Å²) in [5.41, 5.74) is -0.754. The first-order chi connectivity index (χ1) is 25.6. The number of carbonyl (C=O) groups is 1. The summed E-state index contributed by atoms with van der Waals surface area (Å²) < 4.78 is 76.9. The Kier molecular flexibility index (Phi) is 18.9. The van der Waals surface area contributed by atoms with Crippen molar-refractivity contribution in [3.05, 3.63) is 98.1 Å². The molecule has 19 heteroatoms. The molecule has 0 unspecified atom stereocenters. The highest BCUT2D eigenvalue weighted by Crippen LogP contribution is 2.32. The fourth-order valence-electron chi connectivity index (χ4n) is 4.36. The number of ether oxygens (including phenoxy) is 7. The molecule has 0 aliphatic carbocycles. The summed E-state index contributed by atoms with van der Waals surface area (Å²) in [5, 5.41) is 27.6. The Morgan fingerprint density at radius 2 is 1.17 bits per heavy atom. The molecule has 290 valence electrons. The van der Waals surface area contributed by atoms with Crippen LogP contribution in [-0.2, 0) is 39.3 Å². The second-order valence-electron chi connectivity index (χ2n) is 10.7. The molecular formula is C34H41F3N4O12. The van der Waals surface area contributed by atoms with E-state index in [-0.39, 0.29) is 61.3 Å². The van der Waals surface area contributed by atoms with Gasteiger partial charge in [0.2, 0.25) is 0 Å². The van der Waals surface area contributed by atoms with Gasteiger partial charge in [-0.05, 0) is 36.4 Å². The molecule has 0 atom stereocenters. The van der Waals surface area contributed by atoms with E-state index in [0.29, 0.717) is 65.1 Å². The van der Waals surface area contributed by atoms with E-state index in [4.69, 9.17) is 33.2 Å². The smallest absolute Gasteiger partial charge is 0.416 e. The topological polar surface area (TPSA) is 192 Å². The van der Waals surface area contributed by atoms with Gasteiger partial charge in [-0.3, -0.25) is 20.2 Å². The van der Waals surface area contributed by atoms with Gasteiger partial charge in [-0.15, -0.1) is 0 Å². The third kappa shape index (κ3) is 16.5. The van der Waals surface area contributed by atoms with Crippen molar-refractivity contribution in [2.45, 2.75) is 6.18 Å². The second-order valence-corrected chi connectivity index (χ2v) is 10.7. The molecular weight excluding hydrogens is 713 g/mol. The van der Waals surface area contributed by atoms with Gasteiger partial charge in [0.05, 0.1) is 112 Å². The van der Waals surface area contributed by atoms with Crippen molar-refractivity contribution in [3.63, 3.8) is 0 Å². The fraction of sp³-hybridized carbons (Fsp3) is 0.441. The highest BCUT2D eigenvalue weighted by molar-refractivity contribution is 5.96. The molecule has 0 bridgehead atoms. The lowest BCUT2D eigenvalue weighted by atomic mass is 10.1. The van der Waals surface area contributed by atoms with Crippen LogP contribution >= 0.6 is 0 Å². The first kappa shape index (κ1) is 42.5. The van der Waals surface area contributed by atoms with Crippen LogP contribution in [0.2, 0.25) is 0 Å². The van der Waals surface area contributed by atoms with E-state index in [1.807, 2.05) is 0 Å². The molecule has 0 radical (unpaired) electrons. The van der Waals surface area contributed by atoms with E-state index >= 15 is 0 Å². The molecule has 0 aromatic heterocycles. The average Bonchev–Trinajstić information content (AvgIpc) is 3.13. The zero-order valence-electron chi connectivity index (χ0n) is 28.7. The number of nitrogens with zero attached hydrogens (tertiary/aromatic N) is 2. The molecule has 0 spiro atoms. The maximum Gasteiger partial charge on any atom is 0.416 e. The number of nitro benzene ring substituents is 2. The lowest BCUT2D eigenvalue weighted by molar-refractivity contribution is -0.393. The van der Waals surface area contributed by atoms with E-state index in [1.165, 1.54) is 30.3 Å². The van der Waals surface area contributed by atoms with Crippen molar-refractivity contribution < 1.29 is 61.0 Å². The quantitative estimate of drug-likeness (QED) is 0.0421. The summed E-state index contributed by atoms with van der Waals surface area (Å²) in [4.78, 5) is 33.2. The van der Waals surface area contributed by atoms with Gasteiger partial charge < -0.3 is 43.8 Å². The number of nitrogens with one attached hydrogen (secondary N) is 2. The Morgan fingerprint density at radius 1 is 0.623 bits per heavy atom. The molecule has 0 saturated carbocycles. The predicted molar refractivity (Wildman–Crippen MR) is 185 cm³/mol. The Balaban J connectivity index is 1.09. The van der Waals surface area contributed by atoms with Crippen LogP contribution in [-0.4, -0.2) is 108 Å². The van der Waals surface area contributed by atoms with Crippen molar-refractivity contribution >= 4 is 34.4 Å². The number of nitro groups is 2. The molecule has 0 fully saturated rings. The van der Waals surface area contributed by atoms with Crippen molar-refractivity contribution in [1.82, 2.24) is 0 Å². The van der Waals surface area contributed by atoms with Gasteiger partial charge in [0.15, 0.2) is 0 Å². The number of esters is 1. The molecule has 16 nitrogen and oxygen atoms in total. The molecule has 0 heterocycles. The summed E-state index contributed by atoms with van der Waals surface area (Å²) in [6.07, 6.45) is -4.49. The molecule has 3 aromatic rings. The van der Waals surface area contributed by atoms with Crippen molar-refractivity contribution in [1.29, 1.82) is 0 Å². The Hall–Kier alpha value is -4.92. The summed E-state index contributed by atoms with van der Waals surface area (Å²) >= 11 is 0. The van der Waals surface area contributed by atoms with Crippen molar-refractivity contribution in [2.75, 3.05) is 103 Å². The van der Waals surface area contributed by atoms with E-state index in [1.54, 1.807) is 18.2 Å². The van der Waals surface area contributed by atoms with Crippen LogP contribution in [0.25, 0.3) is 0 Å². The Labute approximate surface area is 302 Å². The van der Waals surface area contributed by atoms with Gasteiger partial charge in [0, 0.05) is 18.3 Å². The maximum atomic E-state index is 13.0. The largest absolute Gasteiger partial charge is 0.460 e. The van der Waals surface area contributed by atoms with Gasteiger partial charge in [-0.1, -0.05) is 18.2 Å². The first-order valence-corrected chi connectivity index (χ1v) is 16.4. The van der Waals surface area contributed by atoms with Crippen LogP contribution < -0.4 is 10.6 Å². The van der Waals surface area contributed by atoms with Crippen LogP contribution in [0.15, 0.2) is 66.7 Å². The Bertz CT molecular complexity index is 1580. The zero-order valence-corrected chi connectivity index (χ0v) is 28.7. The number of alkyl halides is 3. The van der Waals surface area contributed by atoms with Crippen LogP contribution in [0.1, 0.15) is 15.9 Å². The Morgan fingerprint density at radius 3 is 1.72 bits per heavy atom. The number of carbonyl (C=O) groups excluding carboxylic acids is 1. The van der Waals surface area contributed by atoms with Gasteiger partial charge in [0.1, 0.15) is 12.3 Å². The van der Waals surface area contributed by atoms with Crippen LogP contribution in [0.3, 0.4) is 0 Å². The molecule has 0 aliphatic heterocycles. The molecule has 0 saturated heterocycles. The van der Waals surface area contributed by atoms with Gasteiger partial charge in [0.25, 0.3) is 11.4 Å². The number of non-ortho nitro benzene ring substituents is 1. The van der Waals surface area contributed by atoms with Crippen LogP contribution in [0.4, 0.5) is 41.6 Å². The summed E-state index contributed by atoms with van der Waals surface area (Å²) in [6.45, 7) is 3.95. The van der Waals surface area contributed by atoms with Crippen molar-refractivity contribution in [3.8, 4) is 0 Å². The SMILES string of the molecule is O=C(OCCOCCOCCOCCOCCOCCOCCNc1ccc([N+](=O)[O-])cc1[N+](=O)[O-])c1ccccc1Nc1cccc(C(F)(F)F)c1. The fourth-order valence-corrected chi connectivity index (χ4v) is 4.36. The molecule has 3 aromatic carbocycles. The first-order valence-electron chi connectivity index (χ1n) is 16.4. The molecule has 2 N–H and O–H groups in total. The van der Waals surface area contributed by atoms with E-state index < -0.39 is 27.6 Å². The monoisotopic (exact) mass is 754 g/mol. The zero-order chi connectivity index (χ0) is 38.3. The number of hydrogen-bond donors (Lipinski definition) is 2. The van der Waals surface area contributed by atoms with Gasteiger partial charge >= 0.3 is 12.1 Å². The third-order valence-corrected chi connectivity index (χ3v) is 6.89. The standard InChI is InChI=1S/C34H41F3N4O12/c35-34(36,37)26-4-3-5-27(24-26)39-30-7-2-1-6-29(30)33(42)53-23-22-52-21-20-51-19-18-50-17-16-49-15-14-48-13-12-47-11-10-38-31-9-8-28(40(43)44)25-32(31)41(45)46/h1-9,24-25,38-39H,10-23H2. The van der Waals surface area contributed by atoms with E-state index in [2.05, 4.69) is 10.6 Å². The average molecular weight is 755 g/mol. The van der Waals surface area contributed by atoms with Crippen LogP contribution in [0, 0.1) is 20.2 Å². The molecule has 0 aliphatic rings. The van der Waals surface area contributed by atoms with E-state index in [9.17, 15) is 38.2 Å². The van der Waals surface area contributed by atoms with E-state index in [0.717, 1.165) is 18.2 Å². The number of para-hydroxylation sites is 1. The summed E-state index contributed by atoms with van der Waals surface area (Å²) in [7, 11) is 0. The number of hydrogen-bond acceptors (Lipinski definition) is 14. The number of benzene rings is 3. The lowest BCUT2D eigenvalue weighted by Gasteiger charge is -2.13. The number of halogens is 3. The molecule has 0 amide bonds. The summed E-state index contributed by atoms with van der Waals surface area (Å²) in [5.74, 6) is -0.651. The van der Waals surface area contributed by atoms with Gasteiger partial charge in [-0.25, -0.2) is 4.79 Å². The maximum absolute atomic E-state index is 13.0. The highest BCUT2D eigenvalue weighted by Gasteiger charge is 2.30. The lowest BCUT2D eigenvalue weighted by Crippen LogP contribution is -2.16. The number of anilines is 3. The van der Waals surface area contributed by atoms with Crippen molar-refractivity contribution in [2.24, 2.45) is 0 Å². The minimum Gasteiger partial charge on any atom is -0.460 e. The molecule has 53 heavy (non-hydrogen) atoms. The minimum atomic E-state index is -4.49. The van der Waals surface area contributed by atoms with Gasteiger partial charge in [-0.2, -0.15) is 13.2 Å². The normalized spacial score (nSPS) is 11.3. The second kappa shape index (κ2) is 23.6.